The first-order chi connectivity index (χ1) is 10.0. The number of nitrogens with one attached hydrogen (secondary N) is 1. The van der Waals surface area contributed by atoms with Crippen LogP contribution in [0.2, 0.25) is 15.1 Å². The smallest absolute Gasteiger partial charge is 0.127 e. The molecule has 0 saturated heterocycles. The Kier molecular flexibility index (Phi) is 5.88. The summed E-state index contributed by atoms with van der Waals surface area (Å²) in [4.78, 5) is 0. The number of rotatable bonds is 5. The van der Waals surface area contributed by atoms with Gasteiger partial charge in [-0.05, 0) is 49.7 Å². The highest BCUT2D eigenvalue weighted by Gasteiger charge is 2.14. The molecule has 2 rings (SSSR count). The van der Waals surface area contributed by atoms with E-state index in [1.807, 2.05) is 19.2 Å². The zero-order valence-electron chi connectivity index (χ0n) is 11.5. The number of benzene rings is 2. The minimum absolute atomic E-state index is 0.0524. The predicted octanol–water partition coefficient (Wildman–Crippen LogP) is 5.16. The van der Waals surface area contributed by atoms with Gasteiger partial charge < -0.3 is 5.32 Å². The van der Waals surface area contributed by atoms with Crippen LogP contribution in [0.4, 0.5) is 4.39 Å². The lowest BCUT2D eigenvalue weighted by Crippen LogP contribution is -2.30. The highest BCUT2D eigenvalue weighted by Crippen LogP contribution is 2.25. The van der Waals surface area contributed by atoms with Gasteiger partial charge in [0.05, 0.1) is 10.0 Å². The first-order valence-electron chi connectivity index (χ1n) is 6.55. The molecular formula is C16H15Cl3FN. The maximum absolute atomic E-state index is 13.9. The number of hydrogen-bond donors (Lipinski definition) is 1. The summed E-state index contributed by atoms with van der Waals surface area (Å²) >= 11 is 18.0. The van der Waals surface area contributed by atoms with E-state index in [0.29, 0.717) is 33.5 Å². The van der Waals surface area contributed by atoms with Crippen LogP contribution >= 0.6 is 34.8 Å². The van der Waals surface area contributed by atoms with Gasteiger partial charge in [0.25, 0.3) is 0 Å². The average molecular weight is 347 g/mol. The van der Waals surface area contributed by atoms with Gasteiger partial charge in [0, 0.05) is 16.6 Å². The Morgan fingerprint density at radius 3 is 2.38 bits per heavy atom. The molecule has 0 aromatic heterocycles. The molecule has 0 radical (unpaired) electrons. The lowest BCUT2D eigenvalue weighted by atomic mass is 9.98. The Labute approximate surface area is 139 Å². The summed E-state index contributed by atoms with van der Waals surface area (Å²) in [6.07, 6.45) is 1.21. The molecule has 0 fully saturated rings. The summed E-state index contributed by atoms with van der Waals surface area (Å²) in [5, 5.41) is 4.68. The van der Waals surface area contributed by atoms with Crippen molar-refractivity contribution in [1.82, 2.24) is 5.32 Å². The maximum Gasteiger partial charge on any atom is 0.127 e. The summed E-state index contributed by atoms with van der Waals surface area (Å²) in [5.74, 6) is -0.281. The first kappa shape index (κ1) is 16.6. The molecule has 1 unspecified atom stereocenters. The van der Waals surface area contributed by atoms with Crippen LogP contribution < -0.4 is 5.32 Å². The van der Waals surface area contributed by atoms with Crippen LogP contribution in [-0.2, 0) is 12.8 Å². The van der Waals surface area contributed by atoms with E-state index < -0.39 is 0 Å². The maximum atomic E-state index is 13.9. The molecule has 0 aliphatic heterocycles. The van der Waals surface area contributed by atoms with Crippen molar-refractivity contribution in [3.8, 4) is 0 Å². The fourth-order valence-corrected chi connectivity index (χ4v) is 2.76. The van der Waals surface area contributed by atoms with Crippen molar-refractivity contribution in [3.63, 3.8) is 0 Å². The summed E-state index contributed by atoms with van der Waals surface area (Å²) in [6, 6.07) is 10.3. The summed E-state index contributed by atoms with van der Waals surface area (Å²) < 4.78 is 13.9. The van der Waals surface area contributed by atoms with Crippen molar-refractivity contribution in [2.75, 3.05) is 7.05 Å². The van der Waals surface area contributed by atoms with Crippen molar-refractivity contribution in [1.29, 1.82) is 0 Å². The lowest BCUT2D eigenvalue weighted by molar-refractivity contribution is 0.532. The molecule has 112 valence electrons. The SMILES string of the molecule is CNC(Cc1ccc(Cl)c(Cl)c1)Cc1c(F)cccc1Cl. The Hall–Kier alpha value is -0.800. The summed E-state index contributed by atoms with van der Waals surface area (Å²) in [7, 11) is 1.84. The van der Waals surface area contributed by atoms with Gasteiger partial charge in [-0.1, -0.05) is 46.9 Å². The highest BCUT2D eigenvalue weighted by molar-refractivity contribution is 6.42. The van der Waals surface area contributed by atoms with E-state index in [0.717, 1.165) is 5.56 Å². The average Bonchev–Trinajstić information content (AvgIpc) is 2.45. The molecule has 1 N–H and O–H groups in total. The highest BCUT2D eigenvalue weighted by atomic mass is 35.5. The standard InChI is InChI=1S/C16H15Cl3FN/c1-21-11(7-10-5-6-14(18)15(19)8-10)9-12-13(17)3-2-4-16(12)20/h2-6,8,11,21H,7,9H2,1H3. The molecule has 21 heavy (non-hydrogen) atoms. The Morgan fingerprint density at radius 1 is 1.00 bits per heavy atom. The molecule has 0 saturated carbocycles. The molecule has 0 heterocycles. The third-order valence-corrected chi connectivity index (χ3v) is 4.48. The van der Waals surface area contributed by atoms with Gasteiger partial charge in [-0.25, -0.2) is 4.39 Å². The van der Waals surface area contributed by atoms with Crippen molar-refractivity contribution in [2.45, 2.75) is 18.9 Å². The normalized spacial score (nSPS) is 12.4. The van der Waals surface area contributed by atoms with Crippen LogP contribution in [0.25, 0.3) is 0 Å². The van der Waals surface area contributed by atoms with Crippen molar-refractivity contribution in [3.05, 3.63) is 68.4 Å². The molecule has 0 spiro atoms. The molecule has 2 aromatic carbocycles. The van der Waals surface area contributed by atoms with Gasteiger partial charge >= 0.3 is 0 Å². The Bertz CT molecular complexity index is 611. The summed E-state index contributed by atoms with van der Waals surface area (Å²) in [6.45, 7) is 0. The van der Waals surface area contributed by atoms with Crippen LogP contribution in [0.15, 0.2) is 36.4 Å². The number of likely N-dealkylation sites (N-methyl/N-ethyl adjacent to an activating group) is 1. The van der Waals surface area contributed by atoms with Crippen LogP contribution in [0.1, 0.15) is 11.1 Å². The van der Waals surface area contributed by atoms with Gasteiger partial charge in [0.15, 0.2) is 0 Å². The molecule has 0 aliphatic rings. The third kappa shape index (κ3) is 4.33. The zero-order valence-corrected chi connectivity index (χ0v) is 13.7. The van der Waals surface area contributed by atoms with E-state index in [1.54, 1.807) is 18.2 Å². The van der Waals surface area contributed by atoms with E-state index in [9.17, 15) is 4.39 Å². The number of halogens is 4. The van der Waals surface area contributed by atoms with E-state index in [-0.39, 0.29) is 11.9 Å². The minimum Gasteiger partial charge on any atom is -0.316 e. The molecular weight excluding hydrogens is 332 g/mol. The Morgan fingerprint density at radius 2 is 1.76 bits per heavy atom. The molecule has 0 aliphatic carbocycles. The van der Waals surface area contributed by atoms with Gasteiger partial charge in [-0.3, -0.25) is 0 Å². The van der Waals surface area contributed by atoms with Crippen LogP contribution in [0.5, 0.6) is 0 Å². The van der Waals surface area contributed by atoms with E-state index in [4.69, 9.17) is 34.8 Å². The van der Waals surface area contributed by atoms with Crippen LogP contribution in [0.3, 0.4) is 0 Å². The second kappa shape index (κ2) is 7.46. The lowest BCUT2D eigenvalue weighted by Gasteiger charge is -2.18. The monoisotopic (exact) mass is 345 g/mol. The largest absolute Gasteiger partial charge is 0.316 e. The quantitative estimate of drug-likeness (QED) is 0.788. The van der Waals surface area contributed by atoms with Gasteiger partial charge in [0.1, 0.15) is 5.82 Å². The topological polar surface area (TPSA) is 12.0 Å². The van der Waals surface area contributed by atoms with E-state index in [2.05, 4.69) is 5.32 Å². The van der Waals surface area contributed by atoms with Crippen LogP contribution in [-0.4, -0.2) is 13.1 Å². The van der Waals surface area contributed by atoms with Gasteiger partial charge in [-0.15, -0.1) is 0 Å². The third-order valence-electron chi connectivity index (χ3n) is 3.39. The zero-order chi connectivity index (χ0) is 15.4. The molecule has 1 atom stereocenters. The predicted molar refractivity (Wildman–Crippen MR) is 88.1 cm³/mol. The second-order valence-corrected chi connectivity index (χ2v) is 6.06. The van der Waals surface area contributed by atoms with Crippen molar-refractivity contribution >= 4 is 34.8 Å². The Balaban J connectivity index is 2.15. The number of hydrogen-bond acceptors (Lipinski definition) is 1. The first-order valence-corrected chi connectivity index (χ1v) is 7.68. The van der Waals surface area contributed by atoms with Gasteiger partial charge in [-0.2, -0.15) is 0 Å². The summed E-state index contributed by atoms with van der Waals surface area (Å²) in [5.41, 5.74) is 1.56. The van der Waals surface area contributed by atoms with Crippen molar-refractivity contribution < 1.29 is 4.39 Å². The molecule has 5 heteroatoms. The van der Waals surface area contributed by atoms with E-state index in [1.165, 1.54) is 6.07 Å². The van der Waals surface area contributed by atoms with Crippen molar-refractivity contribution in [2.24, 2.45) is 0 Å². The van der Waals surface area contributed by atoms with E-state index >= 15 is 0 Å². The second-order valence-electron chi connectivity index (χ2n) is 4.84. The molecule has 1 nitrogen and oxygen atoms in total. The fourth-order valence-electron chi connectivity index (χ4n) is 2.20. The van der Waals surface area contributed by atoms with Crippen LogP contribution in [0, 0.1) is 5.82 Å². The fraction of sp³-hybridized carbons (Fsp3) is 0.250. The minimum atomic E-state index is -0.281. The molecule has 2 aromatic rings. The van der Waals surface area contributed by atoms with Gasteiger partial charge in [0.2, 0.25) is 0 Å². The molecule has 0 amide bonds. The molecule has 0 bridgehead atoms.